The third-order valence-electron chi connectivity index (χ3n) is 5.98. The van der Waals surface area contributed by atoms with E-state index in [-0.39, 0.29) is 0 Å². The van der Waals surface area contributed by atoms with Crippen molar-refractivity contribution in [2.24, 2.45) is 7.05 Å². The first-order valence-electron chi connectivity index (χ1n) is 10.0. The second kappa shape index (κ2) is 7.27. The van der Waals surface area contributed by atoms with Gasteiger partial charge in [0.05, 0.1) is 5.52 Å². The molecule has 0 spiro atoms. The Morgan fingerprint density at radius 2 is 1.79 bits per heavy atom. The molecule has 0 amide bonds. The highest BCUT2D eigenvalue weighted by Crippen LogP contribution is 2.37. The van der Waals surface area contributed by atoms with E-state index >= 15 is 0 Å². The van der Waals surface area contributed by atoms with Gasteiger partial charge >= 0.3 is 0 Å². The van der Waals surface area contributed by atoms with Gasteiger partial charge in [0.2, 0.25) is 0 Å². The first kappa shape index (κ1) is 18.5. The van der Waals surface area contributed by atoms with E-state index in [2.05, 4.69) is 72.8 Å². The van der Waals surface area contributed by atoms with Gasteiger partial charge < -0.3 is 15.1 Å². The van der Waals surface area contributed by atoms with Gasteiger partial charge in [0.15, 0.2) is 12.4 Å². The number of hydrogen-bond acceptors (Lipinski definition) is 2. The first-order valence-corrected chi connectivity index (χ1v) is 10.0. The lowest BCUT2D eigenvalue weighted by Crippen LogP contribution is -2.32. The number of hydrogen-bond donors (Lipinski definition) is 1. The number of nitrogens with zero attached hydrogens (tertiary/aromatic N) is 2. The zero-order valence-corrected chi connectivity index (χ0v) is 16.9. The van der Waals surface area contributed by atoms with Crippen LogP contribution in [0.25, 0.3) is 32.6 Å². The fourth-order valence-corrected chi connectivity index (χ4v) is 4.53. The molecule has 0 saturated heterocycles. The molecule has 4 rings (SSSR count). The maximum absolute atomic E-state index is 10.8. The summed E-state index contributed by atoms with van der Waals surface area (Å²) < 4.78 is 4.58. The SMILES string of the molecule is Cc1c2c[n+](CCCCCC(=N)[O-])ccc2c(C)c2c1c1ccccc1n2C. The quantitative estimate of drug-likeness (QED) is 0.233. The summed E-state index contributed by atoms with van der Waals surface area (Å²) in [6, 6.07) is 10.9. The number of rotatable bonds is 6. The van der Waals surface area contributed by atoms with Crippen LogP contribution in [0.4, 0.5) is 0 Å². The van der Waals surface area contributed by atoms with Gasteiger partial charge in [0, 0.05) is 41.2 Å². The normalized spacial score (nSPS) is 11.7. The third-order valence-corrected chi connectivity index (χ3v) is 5.98. The molecule has 4 aromatic rings. The summed E-state index contributed by atoms with van der Waals surface area (Å²) in [6.07, 6.45) is 7.63. The molecular formula is C24H27N3O. The van der Waals surface area contributed by atoms with Crippen LogP contribution in [-0.4, -0.2) is 10.5 Å². The fourth-order valence-electron chi connectivity index (χ4n) is 4.53. The molecule has 0 aliphatic rings. The van der Waals surface area contributed by atoms with Crippen molar-refractivity contribution in [3.05, 3.63) is 53.9 Å². The molecule has 0 aliphatic heterocycles. The average Bonchev–Trinajstić information content (AvgIpc) is 2.99. The number of pyridine rings is 1. The number of aromatic nitrogens is 2. The molecule has 0 unspecified atom stereocenters. The lowest BCUT2D eigenvalue weighted by atomic mass is 9.97. The maximum Gasteiger partial charge on any atom is 0.176 e. The van der Waals surface area contributed by atoms with E-state index < -0.39 is 5.90 Å². The Labute approximate surface area is 165 Å². The van der Waals surface area contributed by atoms with Crippen LogP contribution < -0.4 is 9.67 Å². The molecule has 2 aromatic carbocycles. The lowest BCUT2D eigenvalue weighted by Gasteiger charge is -2.10. The highest BCUT2D eigenvalue weighted by molar-refractivity contribution is 6.16. The Morgan fingerprint density at radius 3 is 2.57 bits per heavy atom. The van der Waals surface area contributed by atoms with E-state index in [0.717, 1.165) is 25.8 Å². The Bertz CT molecular complexity index is 1200. The smallest absolute Gasteiger partial charge is 0.176 e. The molecule has 2 heterocycles. The van der Waals surface area contributed by atoms with Crippen molar-refractivity contribution >= 4 is 38.5 Å². The monoisotopic (exact) mass is 373 g/mol. The van der Waals surface area contributed by atoms with Crippen molar-refractivity contribution in [1.82, 2.24) is 4.57 Å². The van der Waals surface area contributed by atoms with Crippen molar-refractivity contribution in [2.45, 2.75) is 46.1 Å². The van der Waals surface area contributed by atoms with E-state index in [1.807, 2.05) is 0 Å². The third kappa shape index (κ3) is 3.03. The zero-order valence-electron chi connectivity index (χ0n) is 16.9. The topological polar surface area (TPSA) is 55.7 Å². The standard InChI is InChI=1S/C24H27N3O/c1-16-20-15-27(13-8-4-5-11-22(25)28)14-12-18(20)17(2)24-23(16)19-9-6-7-10-21(19)26(24)3/h6-7,9-10,12,14-15H,4-5,8,11,13H2,1-3H3,(H-,25,28). The average molecular weight is 374 g/mol. The van der Waals surface area contributed by atoms with E-state index in [1.54, 1.807) is 0 Å². The summed E-state index contributed by atoms with van der Waals surface area (Å²) in [5.74, 6) is -0.455. The summed E-state index contributed by atoms with van der Waals surface area (Å²) in [5, 5.41) is 23.0. The van der Waals surface area contributed by atoms with Crippen molar-refractivity contribution in [3.63, 3.8) is 0 Å². The number of fused-ring (bicyclic) bond motifs is 4. The van der Waals surface area contributed by atoms with Crippen LogP contribution in [0, 0.1) is 19.3 Å². The largest absolute Gasteiger partial charge is 0.862 e. The Kier molecular flexibility index (Phi) is 4.80. The Hall–Kier alpha value is -2.88. The number of nitrogens with one attached hydrogen (secondary N) is 1. The van der Waals surface area contributed by atoms with Crippen LogP contribution >= 0.6 is 0 Å². The minimum absolute atomic E-state index is 0.375. The number of benzene rings is 2. The summed E-state index contributed by atoms with van der Waals surface area (Å²) >= 11 is 0. The Balaban J connectivity index is 1.77. The predicted octanol–water partition coefficient (Wildman–Crippen LogP) is 4.29. The van der Waals surface area contributed by atoms with Crippen LogP contribution in [0.5, 0.6) is 0 Å². The van der Waals surface area contributed by atoms with Gasteiger partial charge in [-0.2, -0.15) is 0 Å². The second-order valence-corrected chi connectivity index (χ2v) is 7.79. The lowest BCUT2D eigenvalue weighted by molar-refractivity contribution is -0.696. The van der Waals surface area contributed by atoms with E-state index in [9.17, 15) is 5.11 Å². The molecule has 4 nitrogen and oxygen atoms in total. The molecule has 0 fully saturated rings. The van der Waals surface area contributed by atoms with E-state index in [4.69, 9.17) is 5.41 Å². The van der Waals surface area contributed by atoms with E-state index in [0.29, 0.717) is 6.42 Å². The van der Waals surface area contributed by atoms with Gasteiger partial charge in [-0.3, -0.25) is 0 Å². The molecule has 0 radical (unpaired) electrons. The molecule has 4 heteroatoms. The molecule has 28 heavy (non-hydrogen) atoms. The molecule has 2 aromatic heterocycles. The van der Waals surface area contributed by atoms with Gasteiger partial charge in [-0.25, -0.2) is 4.57 Å². The van der Waals surface area contributed by atoms with Crippen LogP contribution in [0.2, 0.25) is 0 Å². The van der Waals surface area contributed by atoms with E-state index in [1.165, 1.54) is 43.7 Å². The second-order valence-electron chi connectivity index (χ2n) is 7.79. The van der Waals surface area contributed by atoms with Crippen molar-refractivity contribution in [2.75, 3.05) is 0 Å². The molecule has 0 bridgehead atoms. The zero-order chi connectivity index (χ0) is 19.8. The van der Waals surface area contributed by atoms with Gasteiger partial charge in [0.25, 0.3) is 0 Å². The predicted molar refractivity (Wildman–Crippen MR) is 114 cm³/mol. The fraction of sp³-hybridized carbons (Fsp3) is 0.333. The number of unbranched alkanes of at least 4 members (excludes halogenated alkanes) is 2. The minimum atomic E-state index is -0.455. The molecule has 0 saturated carbocycles. The molecule has 1 N–H and O–H groups in total. The van der Waals surface area contributed by atoms with Crippen molar-refractivity contribution < 1.29 is 9.67 Å². The molecule has 0 atom stereocenters. The molecule has 144 valence electrons. The number of para-hydroxylation sites is 1. The van der Waals surface area contributed by atoms with Gasteiger partial charge in [0.1, 0.15) is 6.54 Å². The van der Waals surface area contributed by atoms with Gasteiger partial charge in [-0.15, -0.1) is 0 Å². The minimum Gasteiger partial charge on any atom is -0.862 e. The highest BCUT2D eigenvalue weighted by atomic mass is 16.3. The van der Waals surface area contributed by atoms with Crippen LogP contribution in [0.3, 0.4) is 0 Å². The first-order chi connectivity index (χ1) is 13.5. The van der Waals surface area contributed by atoms with Gasteiger partial charge in [-0.1, -0.05) is 18.2 Å². The molecule has 0 aliphatic carbocycles. The summed E-state index contributed by atoms with van der Waals surface area (Å²) in [5.41, 5.74) is 5.26. The van der Waals surface area contributed by atoms with Crippen molar-refractivity contribution in [3.8, 4) is 0 Å². The summed E-state index contributed by atoms with van der Waals surface area (Å²) in [4.78, 5) is 0. The van der Waals surface area contributed by atoms with Gasteiger partial charge in [-0.05, 0) is 61.6 Å². The van der Waals surface area contributed by atoms with Crippen LogP contribution in [0.1, 0.15) is 36.8 Å². The summed E-state index contributed by atoms with van der Waals surface area (Å²) in [7, 11) is 2.16. The Morgan fingerprint density at radius 1 is 1.00 bits per heavy atom. The van der Waals surface area contributed by atoms with Crippen LogP contribution in [-0.2, 0) is 13.6 Å². The van der Waals surface area contributed by atoms with Crippen molar-refractivity contribution in [1.29, 1.82) is 5.41 Å². The van der Waals surface area contributed by atoms with Crippen LogP contribution in [0.15, 0.2) is 42.7 Å². The highest BCUT2D eigenvalue weighted by Gasteiger charge is 2.18. The maximum atomic E-state index is 10.8. The summed E-state index contributed by atoms with van der Waals surface area (Å²) in [6.45, 7) is 5.40. The number of aryl methyl sites for hydroxylation is 4. The molecular weight excluding hydrogens is 346 g/mol.